The van der Waals surface area contributed by atoms with Gasteiger partial charge in [-0.05, 0) is 32.6 Å². The molecule has 0 bridgehead atoms. The highest BCUT2D eigenvalue weighted by molar-refractivity contribution is 4.95. The molecule has 0 spiro atoms. The number of ether oxygens (including phenoxy) is 1. The van der Waals surface area contributed by atoms with Crippen LogP contribution in [0, 0.1) is 0 Å². The lowest BCUT2D eigenvalue weighted by Gasteiger charge is -2.14. The van der Waals surface area contributed by atoms with Gasteiger partial charge in [-0.15, -0.1) is 0 Å². The molecule has 2 atom stereocenters. The van der Waals surface area contributed by atoms with E-state index in [-0.39, 0.29) is 0 Å². The van der Waals surface area contributed by atoms with Crippen molar-refractivity contribution in [2.24, 2.45) is 0 Å². The summed E-state index contributed by atoms with van der Waals surface area (Å²) in [5, 5.41) is 3.51. The van der Waals surface area contributed by atoms with Gasteiger partial charge in [0, 0.05) is 18.4 Å². The maximum Gasteiger partial charge on any atom is 0.122 e. The average molecular weight is 235 g/mol. The van der Waals surface area contributed by atoms with Gasteiger partial charge >= 0.3 is 0 Å². The predicted octanol–water partition coefficient (Wildman–Crippen LogP) is 1.70. The number of rotatable bonds is 5. The first-order valence-corrected chi connectivity index (χ1v) is 6.70. The van der Waals surface area contributed by atoms with Crippen LogP contribution in [-0.4, -0.2) is 27.8 Å². The molecule has 4 heteroatoms. The van der Waals surface area contributed by atoms with E-state index < -0.39 is 0 Å². The third-order valence-electron chi connectivity index (χ3n) is 3.65. The van der Waals surface area contributed by atoms with E-state index in [0.717, 1.165) is 25.0 Å². The highest BCUT2D eigenvalue weighted by Gasteiger charge is 2.24. The third kappa shape index (κ3) is 2.87. The quantitative estimate of drug-likeness (QED) is 0.844. The van der Waals surface area contributed by atoms with E-state index in [0.29, 0.717) is 12.2 Å². The molecule has 0 amide bonds. The minimum Gasteiger partial charge on any atom is -0.373 e. The molecule has 2 unspecified atom stereocenters. The highest BCUT2D eigenvalue weighted by atomic mass is 16.5. The molecule has 0 radical (unpaired) electrons. The van der Waals surface area contributed by atoms with Crippen LogP contribution < -0.4 is 5.32 Å². The van der Waals surface area contributed by atoms with E-state index in [4.69, 9.17) is 4.74 Å². The predicted molar refractivity (Wildman–Crippen MR) is 65.7 cm³/mol. The molecule has 1 aliphatic heterocycles. The molecule has 1 aromatic rings. The SMILES string of the molecule is CC1CCC(Cn2ccnc2CNC2CC2)O1. The van der Waals surface area contributed by atoms with E-state index in [2.05, 4.69) is 28.0 Å². The van der Waals surface area contributed by atoms with Gasteiger partial charge in [-0.2, -0.15) is 0 Å². The molecule has 0 aromatic carbocycles. The molecule has 3 rings (SSSR count). The second-order valence-corrected chi connectivity index (χ2v) is 5.30. The summed E-state index contributed by atoms with van der Waals surface area (Å²) in [7, 11) is 0. The molecule has 1 N–H and O–H groups in total. The summed E-state index contributed by atoms with van der Waals surface area (Å²) in [6.07, 6.45) is 9.77. The molecule has 4 nitrogen and oxygen atoms in total. The molecule has 2 aliphatic rings. The number of hydrogen-bond donors (Lipinski definition) is 1. The Labute approximate surface area is 102 Å². The summed E-state index contributed by atoms with van der Waals surface area (Å²) in [5.74, 6) is 1.14. The zero-order chi connectivity index (χ0) is 11.7. The molecule has 1 saturated heterocycles. The van der Waals surface area contributed by atoms with Crippen LogP contribution in [-0.2, 0) is 17.8 Å². The van der Waals surface area contributed by atoms with Crippen molar-refractivity contribution in [1.82, 2.24) is 14.9 Å². The molecule has 94 valence electrons. The Bertz CT molecular complexity index is 372. The average Bonchev–Trinajstić information content (AvgIpc) is 2.90. The van der Waals surface area contributed by atoms with Gasteiger partial charge in [-0.1, -0.05) is 0 Å². The van der Waals surface area contributed by atoms with E-state index in [1.165, 1.54) is 25.7 Å². The summed E-state index contributed by atoms with van der Waals surface area (Å²) in [4.78, 5) is 4.42. The standard InChI is InChI=1S/C13H21N3O/c1-10-2-5-12(17-10)9-16-7-6-14-13(16)8-15-11-3-4-11/h6-7,10-12,15H,2-5,8-9H2,1H3. The van der Waals surface area contributed by atoms with Crippen molar-refractivity contribution >= 4 is 0 Å². The van der Waals surface area contributed by atoms with Gasteiger partial charge in [0.2, 0.25) is 0 Å². The smallest absolute Gasteiger partial charge is 0.122 e. The number of imidazole rings is 1. The monoisotopic (exact) mass is 235 g/mol. The number of nitrogens with zero attached hydrogens (tertiary/aromatic N) is 2. The summed E-state index contributed by atoms with van der Waals surface area (Å²) in [6.45, 7) is 4.00. The second-order valence-electron chi connectivity index (χ2n) is 5.30. The number of nitrogens with one attached hydrogen (secondary N) is 1. The second kappa shape index (κ2) is 4.78. The van der Waals surface area contributed by atoms with Crippen LogP contribution in [0.3, 0.4) is 0 Å². The Morgan fingerprint density at radius 1 is 1.41 bits per heavy atom. The summed E-state index contributed by atoms with van der Waals surface area (Å²) < 4.78 is 8.09. The normalized spacial score (nSPS) is 28.8. The third-order valence-corrected chi connectivity index (χ3v) is 3.65. The molecule has 2 fully saturated rings. The molecule has 1 saturated carbocycles. The van der Waals surface area contributed by atoms with Crippen LogP contribution in [0.25, 0.3) is 0 Å². The van der Waals surface area contributed by atoms with Crippen LogP contribution in [0.5, 0.6) is 0 Å². The van der Waals surface area contributed by atoms with Crippen molar-refractivity contribution in [3.63, 3.8) is 0 Å². The van der Waals surface area contributed by atoms with Crippen LogP contribution in [0.4, 0.5) is 0 Å². The Morgan fingerprint density at radius 2 is 2.29 bits per heavy atom. The maximum absolute atomic E-state index is 5.86. The molecular weight excluding hydrogens is 214 g/mol. The minimum absolute atomic E-state index is 0.374. The molecule has 1 aromatic heterocycles. The topological polar surface area (TPSA) is 39.1 Å². The fraction of sp³-hybridized carbons (Fsp3) is 0.769. The summed E-state index contributed by atoms with van der Waals surface area (Å²) in [5.41, 5.74) is 0. The Balaban J connectivity index is 1.56. The van der Waals surface area contributed by atoms with Crippen molar-refractivity contribution in [3.8, 4) is 0 Å². The Morgan fingerprint density at radius 3 is 3.00 bits per heavy atom. The Kier molecular flexibility index (Phi) is 3.16. The fourth-order valence-electron chi connectivity index (χ4n) is 2.44. The first kappa shape index (κ1) is 11.2. The zero-order valence-corrected chi connectivity index (χ0v) is 10.4. The largest absolute Gasteiger partial charge is 0.373 e. The lowest BCUT2D eigenvalue weighted by Crippen LogP contribution is -2.22. The lowest BCUT2D eigenvalue weighted by molar-refractivity contribution is 0.0452. The van der Waals surface area contributed by atoms with Crippen molar-refractivity contribution in [2.45, 2.75) is 63.9 Å². The minimum atomic E-state index is 0.374. The number of hydrogen-bond acceptors (Lipinski definition) is 3. The van der Waals surface area contributed by atoms with Gasteiger partial charge in [-0.3, -0.25) is 0 Å². The van der Waals surface area contributed by atoms with Crippen LogP contribution >= 0.6 is 0 Å². The maximum atomic E-state index is 5.86. The lowest BCUT2D eigenvalue weighted by atomic mass is 10.2. The zero-order valence-electron chi connectivity index (χ0n) is 10.4. The van der Waals surface area contributed by atoms with E-state index in [9.17, 15) is 0 Å². The Hall–Kier alpha value is -0.870. The molecule has 2 heterocycles. The number of aromatic nitrogens is 2. The van der Waals surface area contributed by atoms with Crippen molar-refractivity contribution < 1.29 is 4.74 Å². The fourth-order valence-corrected chi connectivity index (χ4v) is 2.44. The highest BCUT2D eigenvalue weighted by Crippen LogP contribution is 2.21. The summed E-state index contributed by atoms with van der Waals surface area (Å²) >= 11 is 0. The van der Waals surface area contributed by atoms with Crippen LogP contribution in [0.2, 0.25) is 0 Å². The molecule has 17 heavy (non-hydrogen) atoms. The van der Waals surface area contributed by atoms with Crippen molar-refractivity contribution in [2.75, 3.05) is 0 Å². The van der Waals surface area contributed by atoms with E-state index >= 15 is 0 Å². The van der Waals surface area contributed by atoms with Gasteiger partial charge < -0.3 is 14.6 Å². The first-order valence-electron chi connectivity index (χ1n) is 6.70. The molecular formula is C13H21N3O. The van der Waals surface area contributed by atoms with Crippen LogP contribution in [0.1, 0.15) is 38.4 Å². The molecule has 1 aliphatic carbocycles. The van der Waals surface area contributed by atoms with Gasteiger partial charge in [0.15, 0.2) is 0 Å². The van der Waals surface area contributed by atoms with Crippen molar-refractivity contribution in [1.29, 1.82) is 0 Å². The van der Waals surface area contributed by atoms with Gasteiger partial charge in [-0.25, -0.2) is 4.98 Å². The van der Waals surface area contributed by atoms with E-state index in [1.54, 1.807) is 0 Å². The van der Waals surface area contributed by atoms with E-state index in [1.807, 2.05) is 6.20 Å². The van der Waals surface area contributed by atoms with Gasteiger partial charge in [0.25, 0.3) is 0 Å². The van der Waals surface area contributed by atoms with Crippen LogP contribution in [0.15, 0.2) is 12.4 Å². The summed E-state index contributed by atoms with van der Waals surface area (Å²) in [6, 6.07) is 0.739. The van der Waals surface area contributed by atoms with Crippen molar-refractivity contribution in [3.05, 3.63) is 18.2 Å². The van der Waals surface area contributed by atoms with Gasteiger partial charge in [0.1, 0.15) is 5.82 Å². The first-order chi connectivity index (χ1) is 8.31. The van der Waals surface area contributed by atoms with Gasteiger partial charge in [0.05, 0.1) is 25.3 Å².